The van der Waals surface area contributed by atoms with E-state index in [0.29, 0.717) is 6.04 Å². The van der Waals surface area contributed by atoms with Crippen LogP contribution in [-0.4, -0.2) is 112 Å². The molecule has 3 saturated heterocycles. The fourth-order valence-electron chi connectivity index (χ4n) is 3.72. The van der Waals surface area contributed by atoms with E-state index in [1.807, 2.05) is 0 Å². The van der Waals surface area contributed by atoms with Gasteiger partial charge in [-0.3, -0.25) is 14.8 Å². The number of rotatable bonds is 5. The smallest absolute Gasteiger partial charge is 0.194 e. The number of halogens is 1. The lowest BCUT2D eigenvalue weighted by molar-refractivity contribution is 0.0195. The number of hydrogen-bond donors (Lipinski definition) is 1. The molecule has 0 amide bonds. The summed E-state index contributed by atoms with van der Waals surface area (Å²) in [7, 11) is 0. The second-order valence-electron chi connectivity index (χ2n) is 6.73. The number of hydrogen-bond acceptors (Lipinski definition) is 5. The molecule has 0 aromatic rings. The van der Waals surface area contributed by atoms with Crippen molar-refractivity contribution in [3.63, 3.8) is 0 Å². The lowest BCUT2D eigenvalue weighted by Crippen LogP contribution is -2.47. The minimum Gasteiger partial charge on any atom is -0.379 e. The molecule has 1 unspecified atom stereocenters. The molecule has 0 aromatic carbocycles. The van der Waals surface area contributed by atoms with Crippen LogP contribution in [0.5, 0.6) is 0 Å². The third-order valence-electron chi connectivity index (χ3n) is 5.14. The molecule has 0 saturated carbocycles. The molecule has 146 valence electrons. The van der Waals surface area contributed by atoms with E-state index in [2.05, 4.69) is 26.9 Å². The first-order valence-corrected chi connectivity index (χ1v) is 9.52. The van der Waals surface area contributed by atoms with Gasteiger partial charge in [0, 0.05) is 58.4 Å². The molecular formula is C17H34IN5O2. The zero-order valence-corrected chi connectivity index (χ0v) is 17.8. The summed E-state index contributed by atoms with van der Waals surface area (Å²) in [4.78, 5) is 12.3. The minimum absolute atomic E-state index is 0. The summed E-state index contributed by atoms with van der Waals surface area (Å²) in [6, 6.07) is 0.650. The van der Waals surface area contributed by atoms with Crippen LogP contribution in [0.4, 0.5) is 0 Å². The molecule has 3 rings (SSSR count). The van der Waals surface area contributed by atoms with Crippen LogP contribution in [0.25, 0.3) is 0 Å². The second kappa shape index (κ2) is 11.5. The summed E-state index contributed by atoms with van der Waals surface area (Å²) in [6.45, 7) is 14.8. The van der Waals surface area contributed by atoms with Gasteiger partial charge in [-0.1, -0.05) is 0 Å². The Balaban J connectivity index is 0.00000225. The Morgan fingerprint density at radius 1 is 1.04 bits per heavy atom. The van der Waals surface area contributed by atoms with E-state index in [0.717, 1.165) is 91.3 Å². The molecular weight excluding hydrogens is 433 g/mol. The fraction of sp³-hybridized carbons (Fsp3) is 0.941. The van der Waals surface area contributed by atoms with E-state index in [9.17, 15) is 0 Å². The van der Waals surface area contributed by atoms with Crippen molar-refractivity contribution in [3.05, 3.63) is 0 Å². The van der Waals surface area contributed by atoms with Crippen molar-refractivity contribution < 1.29 is 9.47 Å². The highest BCUT2D eigenvalue weighted by Gasteiger charge is 2.30. The average Bonchev–Trinajstić information content (AvgIpc) is 3.13. The van der Waals surface area contributed by atoms with Gasteiger partial charge in [0.05, 0.1) is 33.0 Å². The molecule has 1 atom stereocenters. The zero-order valence-electron chi connectivity index (χ0n) is 15.5. The van der Waals surface area contributed by atoms with Crippen molar-refractivity contribution in [2.24, 2.45) is 4.99 Å². The zero-order chi connectivity index (χ0) is 16.6. The minimum atomic E-state index is 0. The largest absolute Gasteiger partial charge is 0.379 e. The van der Waals surface area contributed by atoms with Crippen LogP contribution in [0, 0.1) is 0 Å². The first-order valence-electron chi connectivity index (χ1n) is 9.52. The van der Waals surface area contributed by atoms with E-state index in [1.165, 1.54) is 6.42 Å². The third kappa shape index (κ3) is 6.50. The molecule has 7 nitrogen and oxygen atoms in total. The maximum absolute atomic E-state index is 5.48. The van der Waals surface area contributed by atoms with Crippen LogP contribution in [0.3, 0.4) is 0 Å². The first kappa shape index (κ1) is 21.1. The topological polar surface area (TPSA) is 52.6 Å². The van der Waals surface area contributed by atoms with Crippen molar-refractivity contribution in [2.45, 2.75) is 19.4 Å². The second-order valence-corrected chi connectivity index (χ2v) is 6.73. The number of nitrogens with zero attached hydrogens (tertiary/aromatic N) is 4. The van der Waals surface area contributed by atoms with Gasteiger partial charge in [-0.05, 0) is 13.3 Å². The monoisotopic (exact) mass is 467 g/mol. The van der Waals surface area contributed by atoms with Gasteiger partial charge in [0.2, 0.25) is 0 Å². The molecule has 3 fully saturated rings. The molecule has 0 radical (unpaired) electrons. The Kier molecular flexibility index (Phi) is 9.75. The van der Waals surface area contributed by atoms with Crippen LogP contribution in [-0.2, 0) is 9.47 Å². The SMILES string of the molecule is CCNC(=NCCN1CCOCC1)N1CCC(N2CCOCC2)C1.I. The van der Waals surface area contributed by atoms with Crippen molar-refractivity contribution >= 4 is 29.9 Å². The Labute approximate surface area is 169 Å². The normalized spacial score (nSPS) is 26.5. The molecule has 0 spiro atoms. The van der Waals surface area contributed by atoms with Crippen LogP contribution in [0.15, 0.2) is 4.99 Å². The summed E-state index contributed by atoms with van der Waals surface area (Å²) < 4.78 is 10.9. The maximum Gasteiger partial charge on any atom is 0.194 e. The Hall–Kier alpha value is -0.160. The van der Waals surface area contributed by atoms with Crippen molar-refractivity contribution in [2.75, 3.05) is 85.3 Å². The summed E-state index contributed by atoms with van der Waals surface area (Å²) in [5, 5.41) is 3.48. The van der Waals surface area contributed by atoms with Crippen LogP contribution >= 0.6 is 24.0 Å². The van der Waals surface area contributed by atoms with E-state index < -0.39 is 0 Å². The number of nitrogens with one attached hydrogen (secondary N) is 1. The molecule has 25 heavy (non-hydrogen) atoms. The predicted molar refractivity (Wildman–Crippen MR) is 111 cm³/mol. The number of guanidine groups is 1. The highest BCUT2D eigenvalue weighted by atomic mass is 127. The summed E-state index contributed by atoms with van der Waals surface area (Å²) in [5.74, 6) is 1.08. The number of morpholine rings is 2. The highest BCUT2D eigenvalue weighted by molar-refractivity contribution is 14.0. The van der Waals surface area contributed by atoms with E-state index in [-0.39, 0.29) is 24.0 Å². The quantitative estimate of drug-likeness (QED) is 0.357. The van der Waals surface area contributed by atoms with E-state index in [4.69, 9.17) is 14.5 Å². The molecule has 1 N–H and O–H groups in total. The van der Waals surface area contributed by atoms with Crippen LogP contribution < -0.4 is 5.32 Å². The molecule has 3 aliphatic heterocycles. The van der Waals surface area contributed by atoms with E-state index >= 15 is 0 Å². The molecule has 8 heteroatoms. The Morgan fingerprint density at radius 2 is 1.72 bits per heavy atom. The van der Waals surface area contributed by atoms with Crippen LogP contribution in [0.2, 0.25) is 0 Å². The van der Waals surface area contributed by atoms with Gasteiger partial charge in [0.15, 0.2) is 5.96 Å². The van der Waals surface area contributed by atoms with Gasteiger partial charge in [0.25, 0.3) is 0 Å². The third-order valence-corrected chi connectivity index (χ3v) is 5.14. The number of likely N-dealkylation sites (tertiary alicyclic amines) is 1. The average molecular weight is 467 g/mol. The lowest BCUT2D eigenvalue weighted by Gasteiger charge is -2.32. The van der Waals surface area contributed by atoms with Gasteiger partial charge in [-0.15, -0.1) is 24.0 Å². The van der Waals surface area contributed by atoms with Crippen molar-refractivity contribution in [3.8, 4) is 0 Å². The maximum atomic E-state index is 5.48. The predicted octanol–water partition coefficient (Wildman–Crippen LogP) is 0.309. The van der Waals surface area contributed by atoms with Gasteiger partial charge in [-0.2, -0.15) is 0 Å². The number of ether oxygens (including phenoxy) is 2. The summed E-state index contributed by atoms with van der Waals surface area (Å²) >= 11 is 0. The molecule has 0 aliphatic carbocycles. The van der Waals surface area contributed by atoms with Crippen molar-refractivity contribution in [1.82, 2.24) is 20.0 Å². The van der Waals surface area contributed by atoms with Gasteiger partial charge >= 0.3 is 0 Å². The van der Waals surface area contributed by atoms with Gasteiger partial charge in [0.1, 0.15) is 0 Å². The Bertz CT molecular complexity index is 400. The summed E-state index contributed by atoms with van der Waals surface area (Å²) in [6.07, 6.45) is 1.23. The highest BCUT2D eigenvalue weighted by Crippen LogP contribution is 2.17. The van der Waals surface area contributed by atoms with Crippen LogP contribution in [0.1, 0.15) is 13.3 Å². The molecule has 0 aromatic heterocycles. The van der Waals surface area contributed by atoms with Crippen molar-refractivity contribution in [1.29, 1.82) is 0 Å². The molecule has 3 heterocycles. The number of aliphatic imine (C=N–C) groups is 1. The Morgan fingerprint density at radius 3 is 2.40 bits per heavy atom. The first-order chi connectivity index (χ1) is 11.9. The fourth-order valence-corrected chi connectivity index (χ4v) is 3.72. The molecule has 0 bridgehead atoms. The molecule has 3 aliphatic rings. The van der Waals surface area contributed by atoms with E-state index in [1.54, 1.807) is 0 Å². The van der Waals surface area contributed by atoms with Gasteiger partial charge in [-0.25, -0.2) is 0 Å². The lowest BCUT2D eigenvalue weighted by atomic mass is 10.2. The standard InChI is InChI=1S/C17H33N5O2.HI/c1-2-18-17(19-4-6-20-7-11-23-12-8-20)22-5-3-16(15-22)21-9-13-24-14-10-21;/h16H,2-15H2,1H3,(H,18,19);1H. The van der Waals surface area contributed by atoms with Gasteiger partial charge < -0.3 is 19.7 Å². The summed E-state index contributed by atoms with van der Waals surface area (Å²) in [5.41, 5.74) is 0.